The van der Waals surface area contributed by atoms with Crippen molar-refractivity contribution in [1.82, 2.24) is 0 Å². The predicted octanol–water partition coefficient (Wildman–Crippen LogP) is 3.25. The van der Waals surface area contributed by atoms with Gasteiger partial charge < -0.3 is 20.8 Å². The number of ether oxygens (including phenoxy) is 1. The van der Waals surface area contributed by atoms with Gasteiger partial charge >= 0.3 is 5.97 Å². The lowest BCUT2D eigenvalue weighted by Crippen LogP contribution is -2.99. The van der Waals surface area contributed by atoms with Gasteiger partial charge in [0.2, 0.25) is 0 Å². The lowest BCUT2D eigenvalue weighted by Gasteiger charge is -2.24. The Bertz CT molecular complexity index is 1250. The number of rotatable bonds is 8. The highest BCUT2D eigenvalue weighted by Gasteiger charge is 2.22. The monoisotopic (exact) mass is 461 g/mol. The quantitative estimate of drug-likeness (QED) is 0.229. The Morgan fingerprint density at radius 3 is 2.44 bits per heavy atom. The zero-order valence-corrected chi connectivity index (χ0v) is 18.3. The number of carbonyl (C=O) groups excluding carboxylic acids is 1. The molecule has 0 aromatic heterocycles. The molecule has 0 saturated heterocycles. The lowest BCUT2D eigenvalue weighted by molar-refractivity contribution is -0.991. The van der Waals surface area contributed by atoms with E-state index in [1.165, 1.54) is 54.5 Å². The summed E-state index contributed by atoms with van der Waals surface area (Å²) in [5.74, 6) is -1.17. The minimum atomic E-state index is -1.10. The maximum atomic E-state index is 13.6. The van der Waals surface area contributed by atoms with Gasteiger partial charge in [-0.25, -0.2) is 10.0 Å². The van der Waals surface area contributed by atoms with E-state index in [4.69, 9.17) is 10.5 Å². The maximum absolute atomic E-state index is 13.6. The minimum Gasteiger partial charge on any atom is -0.595 e. The third kappa shape index (κ3) is 5.48. The first-order valence-electron chi connectivity index (χ1n) is 10.0. The number of allylic oxidation sites excluding steroid dienone is 1. The van der Waals surface area contributed by atoms with Gasteiger partial charge in [0.15, 0.2) is 5.69 Å². The molecule has 0 aliphatic carbocycles. The highest BCUT2D eigenvalue weighted by atomic mass is 16.8. The van der Waals surface area contributed by atoms with Crippen molar-refractivity contribution in [2.75, 3.05) is 17.7 Å². The zero-order valence-electron chi connectivity index (χ0n) is 18.3. The molecular weight excluding hydrogens is 438 g/mol. The van der Waals surface area contributed by atoms with Crippen LogP contribution < -0.4 is 20.6 Å². The van der Waals surface area contributed by atoms with E-state index >= 15 is 0 Å². The van der Waals surface area contributed by atoms with E-state index in [9.17, 15) is 25.1 Å². The summed E-state index contributed by atoms with van der Waals surface area (Å²) < 4.78 is 5.21. The SMILES string of the molecule is C=C(C=Cc1cccc([NH+]([O-])O)c1)N(C(=O)c1cc(OC)ccc1N)c1ccc(C(=O)O)cc1. The fourth-order valence-electron chi connectivity index (χ4n) is 3.18. The van der Waals surface area contributed by atoms with Crippen LogP contribution in [0.5, 0.6) is 5.75 Å². The molecule has 9 nitrogen and oxygen atoms in total. The molecule has 0 saturated carbocycles. The van der Waals surface area contributed by atoms with Crippen molar-refractivity contribution >= 4 is 35.0 Å². The highest BCUT2D eigenvalue weighted by Crippen LogP contribution is 2.27. The van der Waals surface area contributed by atoms with E-state index in [-0.39, 0.29) is 28.2 Å². The first-order valence-corrected chi connectivity index (χ1v) is 10.0. The van der Waals surface area contributed by atoms with Crippen LogP contribution in [0.3, 0.4) is 0 Å². The number of anilines is 2. The van der Waals surface area contributed by atoms with E-state index in [0.717, 1.165) is 0 Å². The number of carboxylic acid groups (broad SMARTS) is 1. The second-order valence-electron chi connectivity index (χ2n) is 7.20. The van der Waals surface area contributed by atoms with Crippen molar-refractivity contribution < 1.29 is 29.9 Å². The molecule has 0 aliphatic rings. The highest BCUT2D eigenvalue weighted by molar-refractivity contribution is 6.12. The number of nitrogens with zero attached hydrogens (tertiary/aromatic N) is 1. The van der Waals surface area contributed by atoms with Crippen LogP contribution in [0.4, 0.5) is 17.1 Å². The Kier molecular flexibility index (Phi) is 7.44. The number of hydrogen-bond acceptors (Lipinski definition) is 6. The van der Waals surface area contributed by atoms with Gasteiger partial charge in [-0.05, 0) is 54.1 Å². The summed E-state index contributed by atoms with van der Waals surface area (Å²) in [6, 6.07) is 16.7. The van der Waals surface area contributed by atoms with E-state index in [1.54, 1.807) is 36.4 Å². The molecule has 3 aromatic rings. The second kappa shape index (κ2) is 10.5. The van der Waals surface area contributed by atoms with Crippen LogP contribution in [0.25, 0.3) is 6.08 Å². The van der Waals surface area contributed by atoms with Crippen LogP contribution in [0.2, 0.25) is 0 Å². The van der Waals surface area contributed by atoms with Crippen molar-refractivity contribution in [3.63, 3.8) is 0 Å². The standard InChI is InChI=1S/C25H23N3O6/c1-16(6-7-17-4-3-5-20(14-17)28(32)33)27(19-10-8-18(9-11-19)25(30)31)24(29)22-15-21(34-2)12-13-23(22)26/h3-15,28,32H,1,26H2,2H3,(H,30,31). The number of quaternary nitrogens is 1. The summed E-state index contributed by atoms with van der Waals surface area (Å²) in [7, 11) is 1.47. The van der Waals surface area contributed by atoms with Crippen LogP contribution in [0.15, 0.2) is 85.1 Å². The van der Waals surface area contributed by atoms with Crippen LogP contribution in [-0.4, -0.2) is 29.3 Å². The topological polar surface area (TPSA) is 141 Å². The Balaban J connectivity index is 2.02. The number of aromatic carboxylic acids is 1. The molecule has 3 aromatic carbocycles. The number of benzene rings is 3. The summed E-state index contributed by atoms with van der Waals surface area (Å²) in [5, 5.41) is 28.6. The Morgan fingerprint density at radius 1 is 1.12 bits per heavy atom. The Hall–Kier alpha value is -4.44. The van der Waals surface area contributed by atoms with Gasteiger partial charge in [0.1, 0.15) is 5.75 Å². The van der Waals surface area contributed by atoms with Crippen molar-refractivity contribution in [3.8, 4) is 5.75 Å². The zero-order chi connectivity index (χ0) is 24.8. The number of carboxylic acids is 1. The van der Waals surface area contributed by atoms with Crippen molar-refractivity contribution in [2.45, 2.75) is 0 Å². The van der Waals surface area contributed by atoms with Crippen molar-refractivity contribution in [1.29, 1.82) is 0 Å². The third-order valence-electron chi connectivity index (χ3n) is 4.96. The number of amides is 1. The molecule has 0 bridgehead atoms. The molecule has 5 N–H and O–H groups in total. The van der Waals surface area contributed by atoms with Crippen LogP contribution in [-0.2, 0) is 0 Å². The number of methoxy groups -OCH3 is 1. The molecule has 9 heteroatoms. The number of nitrogen functional groups attached to an aromatic ring is 1. The largest absolute Gasteiger partial charge is 0.595 e. The molecule has 0 radical (unpaired) electrons. The van der Waals surface area contributed by atoms with E-state index in [1.807, 2.05) is 0 Å². The molecule has 0 fully saturated rings. The average molecular weight is 461 g/mol. The van der Waals surface area contributed by atoms with Crippen molar-refractivity contribution in [3.05, 3.63) is 107 Å². The molecule has 1 unspecified atom stereocenters. The summed E-state index contributed by atoms with van der Waals surface area (Å²) in [5.41, 5.74) is 7.83. The minimum absolute atomic E-state index is 0.0590. The Morgan fingerprint density at radius 2 is 1.82 bits per heavy atom. The second-order valence-corrected chi connectivity index (χ2v) is 7.20. The molecule has 0 heterocycles. The molecule has 34 heavy (non-hydrogen) atoms. The van der Waals surface area contributed by atoms with Gasteiger partial charge in [-0.2, -0.15) is 5.23 Å². The molecule has 1 atom stereocenters. The smallest absolute Gasteiger partial charge is 0.335 e. The summed E-state index contributed by atoms with van der Waals surface area (Å²) in [4.78, 5) is 26.1. The molecule has 0 aliphatic heterocycles. The number of nitrogens with two attached hydrogens (primary N) is 1. The summed E-state index contributed by atoms with van der Waals surface area (Å²) >= 11 is 0. The number of nitrogens with one attached hydrogen (secondary N) is 1. The van der Waals surface area contributed by atoms with E-state index in [2.05, 4.69) is 6.58 Å². The first-order chi connectivity index (χ1) is 16.2. The fourth-order valence-corrected chi connectivity index (χ4v) is 3.18. The molecular formula is C25H23N3O6. The van der Waals surface area contributed by atoms with Gasteiger partial charge in [-0.3, -0.25) is 9.69 Å². The first kappa shape index (κ1) is 24.2. The summed E-state index contributed by atoms with van der Waals surface area (Å²) in [6.07, 6.45) is 3.18. The van der Waals surface area contributed by atoms with E-state index < -0.39 is 17.1 Å². The van der Waals surface area contributed by atoms with Crippen LogP contribution >= 0.6 is 0 Å². The van der Waals surface area contributed by atoms with Gasteiger partial charge in [-0.15, -0.1) is 0 Å². The summed E-state index contributed by atoms with van der Waals surface area (Å²) in [6.45, 7) is 3.99. The maximum Gasteiger partial charge on any atom is 0.335 e. The van der Waals surface area contributed by atoms with Gasteiger partial charge in [-0.1, -0.05) is 24.8 Å². The Labute approximate surface area is 195 Å². The van der Waals surface area contributed by atoms with Crippen molar-refractivity contribution in [2.24, 2.45) is 0 Å². The average Bonchev–Trinajstić information content (AvgIpc) is 2.83. The van der Waals surface area contributed by atoms with E-state index in [0.29, 0.717) is 17.0 Å². The lowest BCUT2D eigenvalue weighted by atomic mass is 10.1. The fraction of sp³-hybridized carbons (Fsp3) is 0.0400. The predicted molar refractivity (Wildman–Crippen MR) is 128 cm³/mol. The third-order valence-corrected chi connectivity index (χ3v) is 4.96. The van der Waals surface area contributed by atoms with Gasteiger partial charge in [0, 0.05) is 29.2 Å². The van der Waals surface area contributed by atoms with Crippen LogP contribution in [0, 0.1) is 5.21 Å². The van der Waals surface area contributed by atoms with Crippen LogP contribution in [0.1, 0.15) is 26.3 Å². The molecule has 1 amide bonds. The molecule has 3 rings (SSSR count). The van der Waals surface area contributed by atoms with Gasteiger partial charge in [0.25, 0.3) is 5.91 Å². The molecule has 0 spiro atoms. The van der Waals surface area contributed by atoms with Gasteiger partial charge in [0.05, 0.1) is 18.2 Å². The molecule has 174 valence electrons. The number of hydrogen-bond donors (Lipinski definition) is 4. The normalized spacial score (nSPS) is 11.7. The number of carbonyl (C=O) groups is 2.